The van der Waals surface area contributed by atoms with E-state index in [0.717, 1.165) is 74.7 Å². The summed E-state index contributed by atoms with van der Waals surface area (Å²) in [5.74, 6) is 0.0105. The van der Waals surface area contributed by atoms with Crippen LogP contribution in [0.4, 0.5) is 30.5 Å². The van der Waals surface area contributed by atoms with E-state index in [1.807, 2.05) is 26.0 Å². The highest BCUT2D eigenvalue weighted by atomic mass is 35.5. The lowest BCUT2D eigenvalue weighted by molar-refractivity contribution is -0.169. The van der Waals surface area contributed by atoms with Crippen molar-refractivity contribution in [1.29, 1.82) is 0 Å². The molecule has 2 saturated heterocycles. The van der Waals surface area contributed by atoms with Crippen molar-refractivity contribution < 1.29 is 22.6 Å². The van der Waals surface area contributed by atoms with E-state index in [1.54, 1.807) is 0 Å². The number of ether oxygens (including phenoxy) is 2. The summed E-state index contributed by atoms with van der Waals surface area (Å²) in [6.07, 6.45) is 2.27. The van der Waals surface area contributed by atoms with Gasteiger partial charge in [-0.05, 0) is 42.5 Å². The largest absolute Gasteiger partial charge is 0.420 e. The summed E-state index contributed by atoms with van der Waals surface area (Å²) in [5, 5.41) is 2.49. The lowest BCUT2D eigenvalue weighted by Gasteiger charge is -2.39. The molecule has 2 aromatic rings. The molecular formula is C25H32ClF3N4O2. The molecule has 0 unspecified atom stereocenters. The van der Waals surface area contributed by atoms with Gasteiger partial charge in [0.05, 0.1) is 13.2 Å². The van der Waals surface area contributed by atoms with Crippen molar-refractivity contribution in [3.63, 3.8) is 0 Å². The first-order chi connectivity index (χ1) is 16.8. The summed E-state index contributed by atoms with van der Waals surface area (Å²) in [4.78, 5) is 10.0. The first kappa shape index (κ1) is 26.0. The number of piperidine rings is 1. The average Bonchev–Trinajstić information content (AvgIpc) is 3.54. The van der Waals surface area contributed by atoms with E-state index < -0.39 is 22.7 Å². The molecular weight excluding hydrogens is 481 g/mol. The zero-order chi connectivity index (χ0) is 25.1. The van der Waals surface area contributed by atoms with Crippen molar-refractivity contribution >= 4 is 28.9 Å². The lowest BCUT2D eigenvalue weighted by Crippen LogP contribution is -2.45. The molecule has 1 N–H and O–H groups in total. The Balaban J connectivity index is 0.00000141. The van der Waals surface area contributed by atoms with Gasteiger partial charge < -0.3 is 19.7 Å². The van der Waals surface area contributed by atoms with Gasteiger partial charge in [0.1, 0.15) is 10.7 Å². The zero-order valence-electron chi connectivity index (χ0n) is 20.1. The van der Waals surface area contributed by atoms with Crippen LogP contribution in [0.25, 0.3) is 0 Å². The van der Waals surface area contributed by atoms with E-state index in [-0.39, 0.29) is 5.95 Å². The molecule has 0 bridgehead atoms. The van der Waals surface area contributed by atoms with Crippen molar-refractivity contribution in [2.75, 3.05) is 36.5 Å². The van der Waals surface area contributed by atoms with Gasteiger partial charge in [0.2, 0.25) is 5.95 Å². The van der Waals surface area contributed by atoms with E-state index >= 15 is 0 Å². The molecule has 6 nitrogen and oxygen atoms in total. The Labute approximate surface area is 209 Å². The smallest absolute Gasteiger partial charge is 0.371 e. The molecule has 192 valence electrons. The maximum atomic E-state index is 13.0. The van der Waals surface area contributed by atoms with E-state index in [9.17, 15) is 13.2 Å². The second-order valence-electron chi connectivity index (χ2n) is 8.87. The van der Waals surface area contributed by atoms with Gasteiger partial charge >= 0.3 is 6.18 Å². The third-order valence-corrected chi connectivity index (χ3v) is 7.12. The van der Waals surface area contributed by atoms with Crippen molar-refractivity contribution in [3.8, 4) is 0 Å². The van der Waals surface area contributed by atoms with E-state index in [4.69, 9.17) is 21.1 Å². The summed E-state index contributed by atoms with van der Waals surface area (Å²) in [5.41, 5.74) is 2.02. The normalized spacial score (nSPS) is 20.1. The predicted molar refractivity (Wildman–Crippen MR) is 130 cm³/mol. The Bertz CT molecular complexity index is 999. The van der Waals surface area contributed by atoms with Gasteiger partial charge in [-0.3, -0.25) is 0 Å². The minimum Gasteiger partial charge on any atom is -0.371 e. The van der Waals surface area contributed by atoms with Crippen LogP contribution in [0.3, 0.4) is 0 Å². The number of nitrogens with zero attached hydrogens (tertiary/aromatic N) is 3. The molecule has 0 atom stereocenters. The first-order valence-corrected chi connectivity index (χ1v) is 12.7. The predicted octanol–water partition coefficient (Wildman–Crippen LogP) is 6.92. The van der Waals surface area contributed by atoms with Crippen LogP contribution in [0.5, 0.6) is 0 Å². The Morgan fingerprint density at radius 1 is 1.09 bits per heavy atom. The minimum atomic E-state index is -4.59. The third kappa shape index (κ3) is 5.84. The summed E-state index contributed by atoms with van der Waals surface area (Å²) >= 11 is 5.79. The Morgan fingerprint density at radius 3 is 2.34 bits per heavy atom. The van der Waals surface area contributed by atoms with Crippen molar-refractivity contribution in [2.45, 2.75) is 70.3 Å². The van der Waals surface area contributed by atoms with Gasteiger partial charge in [0.15, 0.2) is 5.79 Å². The molecule has 35 heavy (non-hydrogen) atoms. The number of anilines is 3. The quantitative estimate of drug-likeness (QED) is 0.449. The van der Waals surface area contributed by atoms with Gasteiger partial charge in [0.25, 0.3) is 0 Å². The number of alkyl halides is 3. The molecule has 2 aliphatic heterocycles. The van der Waals surface area contributed by atoms with Gasteiger partial charge in [-0.25, -0.2) is 9.97 Å². The second kappa shape index (κ2) is 10.9. The van der Waals surface area contributed by atoms with Crippen molar-refractivity contribution in [3.05, 3.63) is 40.7 Å². The van der Waals surface area contributed by atoms with Crippen LogP contribution in [0.2, 0.25) is 5.15 Å². The van der Waals surface area contributed by atoms with Crippen LogP contribution in [0.1, 0.15) is 69.4 Å². The molecule has 0 amide bonds. The van der Waals surface area contributed by atoms with Crippen molar-refractivity contribution in [1.82, 2.24) is 9.97 Å². The fourth-order valence-corrected chi connectivity index (χ4v) is 5.29. The molecule has 1 aliphatic carbocycles. The topological polar surface area (TPSA) is 59.5 Å². The molecule has 3 aliphatic rings. The molecule has 5 rings (SSSR count). The number of nitrogens with one attached hydrogen (secondary N) is 1. The number of hydrogen-bond acceptors (Lipinski definition) is 6. The Hall–Kier alpha value is -2.10. The summed E-state index contributed by atoms with van der Waals surface area (Å²) in [6.45, 7) is 6.99. The van der Waals surface area contributed by atoms with Gasteiger partial charge in [-0.15, -0.1) is 0 Å². The van der Waals surface area contributed by atoms with Gasteiger partial charge in [-0.2, -0.15) is 13.2 Å². The van der Waals surface area contributed by atoms with E-state index in [2.05, 4.69) is 26.3 Å². The van der Waals surface area contributed by atoms with Crippen LogP contribution in [0, 0.1) is 0 Å². The second-order valence-corrected chi connectivity index (χ2v) is 9.23. The number of halogens is 4. The van der Waals surface area contributed by atoms with E-state index in [1.165, 1.54) is 0 Å². The average molecular weight is 513 g/mol. The Kier molecular flexibility index (Phi) is 8.08. The van der Waals surface area contributed by atoms with Crippen LogP contribution in [-0.4, -0.2) is 42.1 Å². The molecule has 3 fully saturated rings. The SMILES string of the molecule is CC.FC(F)(F)c1cnc(Nc2ccc(N3CCC4(CC3)OCCO4)cc2C2CCCC2)nc1Cl. The number of aromatic nitrogens is 2. The third-order valence-electron chi connectivity index (χ3n) is 6.83. The summed E-state index contributed by atoms with van der Waals surface area (Å²) in [7, 11) is 0. The highest BCUT2D eigenvalue weighted by Gasteiger charge is 2.40. The molecule has 1 spiro atoms. The first-order valence-electron chi connectivity index (χ1n) is 12.4. The number of benzene rings is 1. The maximum Gasteiger partial charge on any atom is 0.420 e. The fourth-order valence-electron chi connectivity index (χ4n) is 5.06. The molecule has 1 saturated carbocycles. The standard InChI is InChI=1S/C23H26ClF3N4O2.C2H6/c24-20-18(23(25,26)27)14-28-21(30-20)29-19-6-5-16(13-17(19)15-3-1-2-4-15)31-9-7-22(8-10-31)32-11-12-33-22;1-2/h5-6,13-15H,1-4,7-12H2,(H,28,29,30);1-2H3. The van der Waals surface area contributed by atoms with Crippen LogP contribution in [0.15, 0.2) is 24.4 Å². The zero-order valence-corrected chi connectivity index (χ0v) is 20.9. The lowest BCUT2D eigenvalue weighted by atomic mass is 9.94. The Morgan fingerprint density at radius 2 is 1.74 bits per heavy atom. The highest BCUT2D eigenvalue weighted by Crippen LogP contribution is 2.42. The van der Waals surface area contributed by atoms with Gasteiger partial charge in [-0.1, -0.05) is 38.3 Å². The number of rotatable bonds is 4. The van der Waals surface area contributed by atoms with Crippen LogP contribution in [-0.2, 0) is 15.7 Å². The number of hydrogen-bond donors (Lipinski definition) is 1. The van der Waals surface area contributed by atoms with Crippen LogP contribution < -0.4 is 10.2 Å². The monoisotopic (exact) mass is 512 g/mol. The van der Waals surface area contributed by atoms with Crippen molar-refractivity contribution in [2.24, 2.45) is 0 Å². The van der Waals surface area contributed by atoms with E-state index in [0.29, 0.717) is 19.1 Å². The van der Waals surface area contributed by atoms with Gasteiger partial charge in [0, 0.05) is 43.5 Å². The minimum absolute atomic E-state index is 0.0513. The summed E-state index contributed by atoms with van der Waals surface area (Å²) < 4.78 is 50.6. The maximum absolute atomic E-state index is 13.0. The van der Waals surface area contributed by atoms with Crippen LogP contribution >= 0.6 is 11.6 Å². The molecule has 10 heteroatoms. The highest BCUT2D eigenvalue weighted by molar-refractivity contribution is 6.30. The summed E-state index contributed by atoms with van der Waals surface area (Å²) in [6, 6.07) is 6.18. The molecule has 1 aromatic carbocycles. The molecule has 1 aromatic heterocycles. The molecule has 0 radical (unpaired) electrons. The fraction of sp³-hybridized carbons (Fsp3) is 0.600. The molecule has 3 heterocycles.